The fourth-order valence-electron chi connectivity index (χ4n) is 0.911. The molecule has 0 aliphatic heterocycles. The predicted octanol–water partition coefficient (Wildman–Crippen LogP) is -2.44. The van der Waals surface area contributed by atoms with E-state index in [2.05, 4.69) is 5.32 Å². The van der Waals surface area contributed by atoms with E-state index >= 15 is 0 Å². The minimum absolute atomic E-state index is 0.0417. The predicted molar refractivity (Wildman–Crippen MR) is 59.3 cm³/mol. The van der Waals surface area contributed by atoms with Crippen LogP contribution in [0.15, 0.2) is 0 Å². The Morgan fingerprint density at radius 3 is 1.56 bits per heavy atom. The van der Waals surface area contributed by atoms with Crippen LogP contribution in [0.3, 0.4) is 0 Å². The molecule has 0 fully saturated rings. The van der Waals surface area contributed by atoms with Crippen LogP contribution in [0.25, 0.3) is 0 Å². The van der Waals surface area contributed by atoms with Crippen molar-refractivity contribution in [1.82, 2.24) is 10.2 Å². The van der Waals surface area contributed by atoms with Crippen molar-refractivity contribution in [3.8, 4) is 0 Å². The summed E-state index contributed by atoms with van der Waals surface area (Å²) in [6.07, 6.45) is 0. The molecular weight excluding hydrogens is 216 g/mol. The van der Waals surface area contributed by atoms with Crippen molar-refractivity contribution in [2.24, 2.45) is 0 Å². The first-order valence-corrected chi connectivity index (χ1v) is 5.03. The SMILES string of the molecule is CNCC(=O)O.OCCN(CCO)CCO. The molecule has 0 aromatic heterocycles. The van der Waals surface area contributed by atoms with Gasteiger partial charge >= 0.3 is 5.97 Å². The molecule has 0 atom stereocenters. The van der Waals surface area contributed by atoms with Crippen molar-refractivity contribution in [1.29, 1.82) is 0 Å². The zero-order valence-corrected chi connectivity index (χ0v) is 9.59. The second kappa shape index (κ2) is 14.3. The monoisotopic (exact) mass is 238 g/mol. The first kappa shape index (κ1) is 17.7. The van der Waals surface area contributed by atoms with Gasteiger partial charge in [0.2, 0.25) is 0 Å². The Morgan fingerprint density at radius 1 is 1.06 bits per heavy atom. The van der Waals surface area contributed by atoms with E-state index in [0.717, 1.165) is 0 Å². The van der Waals surface area contributed by atoms with Gasteiger partial charge < -0.3 is 25.7 Å². The van der Waals surface area contributed by atoms with Gasteiger partial charge in [0.25, 0.3) is 0 Å². The molecule has 0 spiro atoms. The van der Waals surface area contributed by atoms with E-state index in [0.29, 0.717) is 19.6 Å². The number of rotatable bonds is 8. The van der Waals surface area contributed by atoms with Gasteiger partial charge in [0, 0.05) is 19.6 Å². The van der Waals surface area contributed by atoms with Crippen LogP contribution >= 0.6 is 0 Å². The second-order valence-corrected chi connectivity index (χ2v) is 2.94. The van der Waals surface area contributed by atoms with Crippen molar-refractivity contribution in [3.05, 3.63) is 0 Å². The number of carbonyl (C=O) groups is 1. The molecule has 0 amide bonds. The van der Waals surface area contributed by atoms with Crippen LogP contribution in [0.2, 0.25) is 0 Å². The summed E-state index contributed by atoms with van der Waals surface area (Å²) in [4.78, 5) is 11.3. The maximum atomic E-state index is 9.54. The average molecular weight is 238 g/mol. The Morgan fingerprint density at radius 2 is 1.44 bits per heavy atom. The van der Waals surface area contributed by atoms with E-state index in [1.165, 1.54) is 0 Å². The van der Waals surface area contributed by atoms with Crippen LogP contribution in [0.4, 0.5) is 0 Å². The summed E-state index contributed by atoms with van der Waals surface area (Å²) in [6.45, 7) is 1.80. The van der Waals surface area contributed by atoms with E-state index in [9.17, 15) is 4.79 Å². The summed E-state index contributed by atoms with van der Waals surface area (Å²) < 4.78 is 0. The van der Waals surface area contributed by atoms with Crippen molar-refractivity contribution < 1.29 is 25.2 Å². The number of aliphatic hydroxyl groups is 3. The lowest BCUT2D eigenvalue weighted by atomic mass is 10.4. The molecule has 0 bridgehead atoms. The molecule has 0 radical (unpaired) electrons. The Kier molecular flexibility index (Phi) is 15.7. The van der Waals surface area contributed by atoms with E-state index < -0.39 is 5.97 Å². The minimum atomic E-state index is -0.822. The molecule has 0 unspecified atom stereocenters. The topological polar surface area (TPSA) is 113 Å². The zero-order chi connectivity index (χ0) is 12.8. The number of likely N-dealkylation sites (N-methyl/N-ethyl adjacent to an activating group) is 1. The van der Waals surface area contributed by atoms with Crippen LogP contribution in [-0.4, -0.2) is 84.3 Å². The van der Waals surface area contributed by atoms with E-state index in [-0.39, 0.29) is 26.4 Å². The molecule has 5 N–H and O–H groups in total. The lowest BCUT2D eigenvalue weighted by molar-refractivity contribution is -0.135. The van der Waals surface area contributed by atoms with E-state index in [4.69, 9.17) is 20.4 Å². The number of hydrogen-bond acceptors (Lipinski definition) is 6. The quantitative estimate of drug-likeness (QED) is 0.319. The molecule has 98 valence electrons. The number of hydrogen-bond donors (Lipinski definition) is 5. The molecule has 7 nitrogen and oxygen atoms in total. The highest BCUT2D eigenvalue weighted by Gasteiger charge is 2.00. The van der Waals surface area contributed by atoms with Gasteiger partial charge in [-0.1, -0.05) is 0 Å². The smallest absolute Gasteiger partial charge is 0.317 e. The van der Waals surface area contributed by atoms with E-state index in [1.807, 2.05) is 0 Å². The molecule has 0 saturated heterocycles. The van der Waals surface area contributed by atoms with Crippen molar-refractivity contribution >= 4 is 5.97 Å². The Hall–Kier alpha value is -0.730. The molecule has 0 aromatic rings. The van der Waals surface area contributed by atoms with Gasteiger partial charge in [0.15, 0.2) is 0 Å². The Labute approximate surface area is 95.3 Å². The molecule has 0 saturated carbocycles. The fourth-order valence-corrected chi connectivity index (χ4v) is 0.911. The highest BCUT2D eigenvalue weighted by Crippen LogP contribution is 1.84. The van der Waals surface area contributed by atoms with E-state index in [1.54, 1.807) is 11.9 Å². The zero-order valence-electron chi connectivity index (χ0n) is 9.59. The number of nitrogens with zero attached hydrogens (tertiary/aromatic N) is 1. The molecular formula is C9H22N2O5. The first-order valence-electron chi connectivity index (χ1n) is 5.03. The molecule has 0 aromatic carbocycles. The lowest BCUT2D eigenvalue weighted by Crippen LogP contribution is -2.32. The normalized spacial score (nSPS) is 9.81. The molecule has 7 heteroatoms. The van der Waals surface area contributed by atoms with Gasteiger partial charge in [-0.3, -0.25) is 9.69 Å². The number of aliphatic carboxylic acids is 1. The van der Waals surface area contributed by atoms with Gasteiger partial charge in [-0.25, -0.2) is 0 Å². The van der Waals surface area contributed by atoms with Crippen molar-refractivity contribution in [2.75, 3.05) is 53.0 Å². The number of carboxylic acids is 1. The largest absolute Gasteiger partial charge is 0.480 e. The summed E-state index contributed by atoms with van der Waals surface area (Å²) in [5.41, 5.74) is 0. The standard InChI is InChI=1S/C6H15NO3.C3H7NO2/c8-4-1-7(2-5-9)3-6-10;1-4-2-3(5)6/h8-10H,1-6H2;4H,2H2,1H3,(H,5,6). The van der Waals surface area contributed by atoms with Crippen molar-refractivity contribution in [3.63, 3.8) is 0 Å². The molecule has 16 heavy (non-hydrogen) atoms. The molecule has 0 rings (SSSR count). The number of aliphatic hydroxyl groups excluding tert-OH is 3. The molecule has 0 aliphatic rings. The summed E-state index contributed by atoms with van der Waals surface area (Å²) >= 11 is 0. The third-order valence-corrected chi connectivity index (χ3v) is 1.58. The highest BCUT2D eigenvalue weighted by atomic mass is 16.4. The third kappa shape index (κ3) is 15.7. The van der Waals surface area contributed by atoms with Gasteiger partial charge in [0.1, 0.15) is 0 Å². The highest BCUT2D eigenvalue weighted by molar-refractivity contribution is 5.68. The third-order valence-electron chi connectivity index (χ3n) is 1.58. The number of carboxylic acid groups (broad SMARTS) is 1. The van der Waals surface area contributed by atoms with Crippen LogP contribution in [0.1, 0.15) is 0 Å². The fraction of sp³-hybridized carbons (Fsp3) is 0.889. The molecule has 0 heterocycles. The minimum Gasteiger partial charge on any atom is -0.480 e. The van der Waals surface area contributed by atoms with Crippen molar-refractivity contribution in [2.45, 2.75) is 0 Å². The van der Waals surface area contributed by atoms with Crippen LogP contribution < -0.4 is 5.32 Å². The van der Waals surface area contributed by atoms with Gasteiger partial charge in [-0.05, 0) is 7.05 Å². The maximum Gasteiger partial charge on any atom is 0.317 e. The summed E-state index contributed by atoms with van der Waals surface area (Å²) in [6, 6.07) is 0. The Balaban J connectivity index is 0. The summed E-state index contributed by atoms with van der Waals surface area (Å²) in [5, 5.41) is 35.8. The van der Waals surface area contributed by atoms with Gasteiger partial charge in [-0.15, -0.1) is 0 Å². The summed E-state index contributed by atoms with van der Waals surface area (Å²) in [5.74, 6) is -0.822. The lowest BCUT2D eigenvalue weighted by Gasteiger charge is -2.17. The second-order valence-electron chi connectivity index (χ2n) is 2.94. The first-order chi connectivity index (χ1) is 7.62. The average Bonchev–Trinajstić information content (AvgIpc) is 2.19. The van der Waals surface area contributed by atoms with Crippen LogP contribution in [0.5, 0.6) is 0 Å². The summed E-state index contributed by atoms with van der Waals surface area (Å²) in [7, 11) is 1.59. The Bertz CT molecular complexity index is 143. The molecule has 0 aliphatic carbocycles. The van der Waals surface area contributed by atoms with Gasteiger partial charge in [-0.2, -0.15) is 0 Å². The number of nitrogens with one attached hydrogen (secondary N) is 1. The maximum absolute atomic E-state index is 9.54. The van der Waals surface area contributed by atoms with Gasteiger partial charge in [0.05, 0.1) is 26.4 Å². The van der Waals surface area contributed by atoms with Crippen LogP contribution in [0, 0.1) is 0 Å². The van der Waals surface area contributed by atoms with Crippen LogP contribution in [-0.2, 0) is 4.79 Å².